The molecule has 2 atom stereocenters. The van der Waals surface area contributed by atoms with E-state index in [0.717, 1.165) is 0 Å². The fourth-order valence-electron chi connectivity index (χ4n) is 0. The van der Waals surface area contributed by atoms with Gasteiger partial charge in [0, 0.05) is 11.9 Å². The van der Waals surface area contributed by atoms with Crippen LogP contribution in [0.1, 0.15) is 13.8 Å². The minimum absolute atomic E-state index is 0. The first-order valence-corrected chi connectivity index (χ1v) is 3.13. The molecule has 0 rings (SSSR count). The number of carbonyl (C=O) groups is 2. The summed E-state index contributed by atoms with van der Waals surface area (Å²) in [5, 5.41) is 18.8. The second kappa shape index (κ2) is 12.3. The molecule has 0 saturated carbocycles. The normalized spacial score (nSPS) is 11.7. The van der Waals surface area contributed by atoms with Crippen LogP contribution in [0, 0.1) is 0 Å². The van der Waals surface area contributed by atoms with Gasteiger partial charge in [-0.3, -0.25) is 0 Å². The first-order valence-electron chi connectivity index (χ1n) is 3.13. The van der Waals surface area contributed by atoms with E-state index in [1.807, 2.05) is 0 Å². The molecule has 0 aromatic carbocycles. The average molecular weight is 256 g/mol. The van der Waals surface area contributed by atoms with Gasteiger partial charge in [-0.25, -0.2) is 0 Å². The third-order valence-electron chi connectivity index (χ3n) is 0.707. The van der Waals surface area contributed by atoms with E-state index < -0.39 is 24.0 Å². The summed E-state index contributed by atoms with van der Waals surface area (Å²) >= 11 is 0. The molecule has 0 aromatic rings. The fourth-order valence-corrected chi connectivity index (χ4v) is 0. The Kier molecular flexibility index (Phi) is 20.5. The van der Waals surface area contributed by atoms with E-state index in [-0.39, 0.29) is 22.5 Å². The van der Waals surface area contributed by atoms with E-state index in [4.69, 9.17) is 11.5 Å². The molecule has 4 N–H and O–H groups in total. The molecule has 0 spiro atoms. The Morgan fingerprint density at radius 1 is 1.00 bits per heavy atom. The SMILES string of the molecule is CC([NH-])C(=O)[O-].CC([NH-])C(=O)[O-].O.[Cu+2]. The van der Waals surface area contributed by atoms with E-state index in [0.29, 0.717) is 0 Å². The van der Waals surface area contributed by atoms with E-state index in [2.05, 4.69) is 0 Å². The van der Waals surface area contributed by atoms with Crippen LogP contribution in [-0.4, -0.2) is 29.5 Å². The Hall–Kier alpha value is -0.661. The number of hydrogen-bond donors (Lipinski definition) is 0. The quantitative estimate of drug-likeness (QED) is 0.500. The molecular weight excluding hydrogens is 244 g/mol. The van der Waals surface area contributed by atoms with Crippen LogP contribution in [0.2, 0.25) is 0 Å². The standard InChI is InChI=1S/2C3H6NO2.Cu.H2O/c2*1-2(4)3(5)6;;/h2*2,4H,1H3,(H,5,6);;1H2/q2*-1;+2;/p-2. The van der Waals surface area contributed by atoms with Gasteiger partial charge >= 0.3 is 17.1 Å². The van der Waals surface area contributed by atoms with Crippen molar-refractivity contribution in [3.05, 3.63) is 11.5 Å². The van der Waals surface area contributed by atoms with Gasteiger partial charge in [0.1, 0.15) is 0 Å². The number of carboxylic acid groups (broad SMARTS) is 2. The Morgan fingerprint density at radius 2 is 1.07 bits per heavy atom. The van der Waals surface area contributed by atoms with Crippen molar-refractivity contribution < 1.29 is 42.3 Å². The molecule has 1 radical (unpaired) electrons. The summed E-state index contributed by atoms with van der Waals surface area (Å²) in [6.45, 7) is 2.49. The number of nitrogens with one attached hydrogen (secondary N) is 2. The van der Waals surface area contributed by atoms with Crippen LogP contribution in [0.15, 0.2) is 0 Å². The third-order valence-corrected chi connectivity index (χ3v) is 0.707. The molecule has 89 valence electrons. The molecule has 0 aromatic heterocycles. The molecule has 0 fully saturated rings. The van der Waals surface area contributed by atoms with Crippen LogP contribution < -0.4 is 10.2 Å². The van der Waals surface area contributed by atoms with Crippen molar-refractivity contribution >= 4 is 11.9 Å². The summed E-state index contributed by atoms with van der Waals surface area (Å²) in [6.07, 6.45) is 0. The molecule has 14 heavy (non-hydrogen) atoms. The molecule has 2 unspecified atom stereocenters. The van der Waals surface area contributed by atoms with Gasteiger partial charge in [-0.05, 0) is 0 Å². The molecule has 0 amide bonds. The van der Waals surface area contributed by atoms with Crippen LogP contribution in [-0.2, 0) is 26.7 Å². The van der Waals surface area contributed by atoms with Gasteiger partial charge < -0.3 is 36.7 Å². The van der Waals surface area contributed by atoms with Crippen molar-refractivity contribution in [3.8, 4) is 0 Å². The van der Waals surface area contributed by atoms with Gasteiger partial charge in [0.15, 0.2) is 0 Å². The molecule has 0 saturated heterocycles. The van der Waals surface area contributed by atoms with Crippen molar-refractivity contribution in [2.45, 2.75) is 25.9 Å². The first-order chi connectivity index (χ1) is 5.29. The zero-order valence-corrected chi connectivity index (χ0v) is 8.53. The number of hydrogen-bond acceptors (Lipinski definition) is 4. The van der Waals surface area contributed by atoms with E-state index in [1.165, 1.54) is 13.8 Å². The maximum absolute atomic E-state index is 9.40. The third kappa shape index (κ3) is 22.5. The molecule has 0 aliphatic rings. The summed E-state index contributed by atoms with van der Waals surface area (Å²) in [5.74, 6) is -2.65. The molecule has 0 aliphatic heterocycles. The van der Waals surface area contributed by atoms with Gasteiger partial charge in [0.25, 0.3) is 0 Å². The Bertz CT molecular complexity index is 144. The van der Waals surface area contributed by atoms with Gasteiger partial charge in [0.2, 0.25) is 0 Å². The van der Waals surface area contributed by atoms with Crippen molar-refractivity contribution in [1.29, 1.82) is 0 Å². The zero-order valence-electron chi connectivity index (χ0n) is 7.59. The van der Waals surface area contributed by atoms with E-state index in [1.54, 1.807) is 0 Å². The molecule has 7 nitrogen and oxygen atoms in total. The van der Waals surface area contributed by atoms with Crippen LogP contribution in [0.5, 0.6) is 0 Å². The second-order valence-corrected chi connectivity index (χ2v) is 2.08. The smallest absolute Gasteiger partial charge is 0.670 e. The minimum Gasteiger partial charge on any atom is -0.670 e. The number of carbonyl (C=O) groups excluding carboxylic acids is 2. The maximum atomic E-state index is 9.40. The minimum atomic E-state index is -1.32. The molecule has 0 aliphatic carbocycles. The fraction of sp³-hybridized carbons (Fsp3) is 0.667. The van der Waals surface area contributed by atoms with Crippen molar-refractivity contribution in [2.24, 2.45) is 0 Å². The monoisotopic (exact) mass is 255 g/mol. The summed E-state index contributed by atoms with van der Waals surface area (Å²) in [5.41, 5.74) is 12.7. The van der Waals surface area contributed by atoms with Crippen LogP contribution in [0.25, 0.3) is 11.5 Å². The first kappa shape index (κ1) is 23.3. The second-order valence-electron chi connectivity index (χ2n) is 2.08. The summed E-state index contributed by atoms with van der Waals surface area (Å²) in [6, 6.07) is -2.19. The number of aliphatic carboxylic acids is 2. The molecule has 0 bridgehead atoms. The van der Waals surface area contributed by atoms with Crippen LogP contribution in [0.4, 0.5) is 0 Å². The Balaban J connectivity index is -0.0000000625. The molecular formula is C6H12CuN2O5-2. The molecule has 8 heteroatoms. The summed E-state index contributed by atoms with van der Waals surface area (Å²) < 4.78 is 0. The van der Waals surface area contributed by atoms with Gasteiger partial charge in [-0.1, -0.05) is 13.8 Å². The Labute approximate surface area is 92.2 Å². The van der Waals surface area contributed by atoms with Gasteiger partial charge in [-0.2, -0.15) is 0 Å². The van der Waals surface area contributed by atoms with Gasteiger partial charge in [0.05, 0.1) is 0 Å². The largest absolute Gasteiger partial charge is 2.00 e. The maximum Gasteiger partial charge on any atom is 2.00 e. The topological polar surface area (TPSA) is 159 Å². The van der Waals surface area contributed by atoms with Crippen molar-refractivity contribution in [1.82, 2.24) is 0 Å². The van der Waals surface area contributed by atoms with Crippen LogP contribution >= 0.6 is 0 Å². The van der Waals surface area contributed by atoms with Crippen molar-refractivity contribution in [3.63, 3.8) is 0 Å². The van der Waals surface area contributed by atoms with E-state index in [9.17, 15) is 19.8 Å². The zero-order chi connectivity index (χ0) is 10.3. The predicted molar refractivity (Wildman–Crippen MR) is 41.2 cm³/mol. The summed E-state index contributed by atoms with van der Waals surface area (Å²) in [7, 11) is 0. The van der Waals surface area contributed by atoms with Crippen molar-refractivity contribution in [2.75, 3.05) is 0 Å². The average Bonchev–Trinajstić information content (AvgIpc) is 1.88. The summed E-state index contributed by atoms with van der Waals surface area (Å²) in [4.78, 5) is 18.8. The van der Waals surface area contributed by atoms with Gasteiger partial charge in [-0.15, -0.1) is 12.1 Å². The Morgan fingerprint density at radius 3 is 1.07 bits per heavy atom. The van der Waals surface area contributed by atoms with Crippen LogP contribution in [0.3, 0.4) is 0 Å². The van der Waals surface area contributed by atoms with E-state index >= 15 is 0 Å². The molecule has 0 heterocycles. The number of rotatable bonds is 2. The number of carboxylic acids is 2. The predicted octanol–water partition coefficient (Wildman–Crippen LogP) is -2.47.